The van der Waals surface area contributed by atoms with Crippen molar-refractivity contribution >= 4 is 11.9 Å². The molecule has 0 aromatic heterocycles. The van der Waals surface area contributed by atoms with E-state index in [-0.39, 0.29) is 30.4 Å². The summed E-state index contributed by atoms with van der Waals surface area (Å²) in [7, 11) is 0. The minimum atomic E-state index is -0.550. The van der Waals surface area contributed by atoms with Crippen LogP contribution in [-0.4, -0.2) is 25.2 Å². The van der Waals surface area contributed by atoms with Gasteiger partial charge in [0.1, 0.15) is 12.4 Å². The summed E-state index contributed by atoms with van der Waals surface area (Å²) in [4.78, 5) is 23.1. The molecule has 1 heterocycles. The molecule has 0 bridgehead atoms. The summed E-state index contributed by atoms with van der Waals surface area (Å²) in [5.41, 5.74) is 0.360. The second-order valence-corrected chi connectivity index (χ2v) is 6.15. The Bertz CT molecular complexity index is 541. The van der Waals surface area contributed by atoms with Crippen LogP contribution in [0.1, 0.15) is 33.3 Å². The molecular weight excluding hydrogens is 284 g/mol. The van der Waals surface area contributed by atoms with Crippen LogP contribution in [0, 0.1) is 11.8 Å². The molecule has 0 radical (unpaired) electrons. The van der Waals surface area contributed by atoms with Gasteiger partial charge in [0.15, 0.2) is 5.60 Å². The van der Waals surface area contributed by atoms with Crippen LogP contribution in [0.15, 0.2) is 24.3 Å². The van der Waals surface area contributed by atoms with Gasteiger partial charge < -0.3 is 14.2 Å². The number of epoxide rings is 1. The van der Waals surface area contributed by atoms with Crippen LogP contribution in [0.3, 0.4) is 0 Å². The molecule has 1 unspecified atom stereocenters. The zero-order valence-corrected chi connectivity index (χ0v) is 13.4. The van der Waals surface area contributed by atoms with Crippen molar-refractivity contribution in [2.75, 3.05) is 13.2 Å². The van der Waals surface area contributed by atoms with Gasteiger partial charge in [-0.25, -0.2) is 0 Å². The van der Waals surface area contributed by atoms with Crippen LogP contribution >= 0.6 is 0 Å². The minimum Gasteiger partial charge on any atom is -0.462 e. The number of carbonyl (C=O) groups excluding carboxylic acids is 2. The van der Waals surface area contributed by atoms with Gasteiger partial charge in [-0.2, -0.15) is 0 Å². The zero-order valence-electron chi connectivity index (χ0n) is 13.4. The lowest BCUT2D eigenvalue weighted by Crippen LogP contribution is -2.22. The number of carbonyl (C=O) groups is 2. The van der Waals surface area contributed by atoms with E-state index in [1.54, 1.807) is 39.8 Å². The van der Waals surface area contributed by atoms with Gasteiger partial charge in [0.2, 0.25) is 0 Å². The summed E-state index contributed by atoms with van der Waals surface area (Å²) in [6.07, 6.45) is 0. The van der Waals surface area contributed by atoms with Gasteiger partial charge >= 0.3 is 11.9 Å². The maximum absolute atomic E-state index is 11.6. The van der Waals surface area contributed by atoms with Crippen LogP contribution in [-0.2, 0) is 24.7 Å². The molecule has 2 rings (SSSR count). The summed E-state index contributed by atoms with van der Waals surface area (Å²) in [5, 5.41) is 0. The molecule has 1 aliphatic rings. The zero-order chi connectivity index (χ0) is 16.3. The van der Waals surface area contributed by atoms with Crippen molar-refractivity contribution in [2.45, 2.75) is 33.3 Å². The Kier molecular flexibility index (Phi) is 4.86. The molecule has 1 aromatic rings. The van der Waals surface area contributed by atoms with E-state index in [4.69, 9.17) is 14.2 Å². The third kappa shape index (κ3) is 3.85. The highest BCUT2D eigenvalue weighted by molar-refractivity contribution is 5.74. The third-order valence-corrected chi connectivity index (χ3v) is 3.48. The molecule has 1 aliphatic heterocycles. The number of rotatable bonds is 6. The first-order chi connectivity index (χ1) is 10.3. The van der Waals surface area contributed by atoms with E-state index >= 15 is 0 Å². The Morgan fingerprint density at radius 2 is 1.64 bits per heavy atom. The van der Waals surface area contributed by atoms with Gasteiger partial charge in [-0.05, 0) is 17.7 Å². The molecule has 1 fully saturated rings. The molecule has 1 aromatic carbocycles. The van der Waals surface area contributed by atoms with Crippen molar-refractivity contribution in [3.8, 4) is 5.75 Å². The molecule has 0 spiro atoms. The first kappa shape index (κ1) is 16.5. The fourth-order valence-corrected chi connectivity index (χ4v) is 1.84. The summed E-state index contributed by atoms with van der Waals surface area (Å²) in [6.45, 7) is 7.87. The summed E-state index contributed by atoms with van der Waals surface area (Å²) in [6, 6.07) is 7.12. The molecular formula is C17H22O5. The first-order valence-electron chi connectivity index (χ1n) is 7.47. The number of ether oxygens (including phenoxy) is 3. The highest BCUT2D eigenvalue weighted by atomic mass is 16.6. The van der Waals surface area contributed by atoms with Crippen LogP contribution in [0.2, 0.25) is 0 Å². The van der Waals surface area contributed by atoms with Crippen molar-refractivity contribution in [3.63, 3.8) is 0 Å². The maximum atomic E-state index is 11.6. The number of hydrogen-bond acceptors (Lipinski definition) is 5. The normalized spacial score (nSPS) is 20.1. The predicted octanol–water partition coefficient (Wildman–Crippen LogP) is 2.67. The topological polar surface area (TPSA) is 65.1 Å². The fourth-order valence-electron chi connectivity index (χ4n) is 1.84. The molecule has 5 heteroatoms. The lowest BCUT2D eigenvalue weighted by atomic mass is 10.0. The molecule has 1 saturated heterocycles. The van der Waals surface area contributed by atoms with Crippen molar-refractivity contribution in [2.24, 2.45) is 11.8 Å². The summed E-state index contributed by atoms with van der Waals surface area (Å²) >= 11 is 0. The van der Waals surface area contributed by atoms with E-state index in [1.807, 2.05) is 12.1 Å². The number of hydrogen-bond donors (Lipinski definition) is 0. The maximum Gasteiger partial charge on any atom is 0.313 e. The van der Waals surface area contributed by atoms with Crippen molar-refractivity contribution in [1.82, 2.24) is 0 Å². The summed E-state index contributed by atoms with van der Waals surface area (Å²) < 4.78 is 16.0. The van der Waals surface area contributed by atoms with E-state index in [0.717, 1.165) is 5.56 Å². The molecule has 5 nitrogen and oxygen atoms in total. The van der Waals surface area contributed by atoms with Gasteiger partial charge in [-0.15, -0.1) is 0 Å². The second-order valence-electron chi connectivity index (χ2n) is 6.15. The Balaban J connectivity index is 1.98. The minimum absolute atomic E-state index is 0.159. The highest BCUT2D eigenvalue weighted by Crippen LogP contribution is 2.39. The quantitative estimate of drug-likeness (QED) is 0.459. The molecule has 1 atom stereocenters. The van der Waals surface area contributed by atoms with Crippen LogP contribution in [0.25, 0.3) is 0 Å². The van der Waals surface area contributed by atoms with Gasteiger partial charge in [0.05, 0.1) is 18.4 Å². The molecule has 0 aliphatic carbocycles. The van der Waals surface area contributed by atoms with Crippen LogP contribution in [0.4, 0.5) is 0 Å². The molecule has 0 saturated carbocycles. The van der Waals surface area contributed by atoms with Crippen molar-refractivity contribution < 1.29 is 23.8 Å². The third-order valence-electron chi connectivity index (χ3n) is 3.48. The highest BCUT2D eigenvalue weighted by Gasteiger charge is 2.48. The number of esters is 2. The van der Waals surface area contributed by atoms with Crippen molar-refractivity contribution in [3.05, 3.63) is 29.8 Å². The smallest absolute Gasteiger partial charge is 0.313 e. The lowest BCUT2D eigenvalue weighted by molar-refractivity contribution is -0.149. The molecule has 22 heavy (non-hydrogen) atoms. The predicted molar refractivity (Wildman–Crippen MR) is 80.3 cm³/mol. The van der Waals surface area contributed by atoms with Gasteiger partial charge in [0.25, 0.3) is 0 Å². The van der Waals surface area contributed by atoms with E-state index in [9.17, 15) is 9.59 Å². The second kappa shape index (κ2) is 6.48. The Morgan fingerprint density at radius 1 is 1.09 bits per heavy atom. The van der Waals surface area contributed by atoms with Gasteiger partial charge in [0, 0.05) is 0 Å². The average Bonchev–Trinajstić information content (AvgIpc) is 3.26. The fraction of sp³-hybridized carbons (Fsp3) is 0.529. The van der Waals surface area contributed by atoms with E-state index in [2.05, 4.69) is 0 Å². The van der Waals surface area contributed by atoms with Gasteiger partial charge in [-0.3, -0.25) is 9.59 Å². The lowest BCUT2D eigenvalue weighted by Gasteiger charge is -2.14. The molecule has 0 amide bonds. The summed E-state index contributed by atoms with van der Waals surface area (Å²) in [5.74, 6) is -0.340. The standard InChI is InChI=1S/C17H22O5/c1-11(2)15(18)20-9-17(10-21-17)13-5-7-14(8-6-13)22-16(19)12(3)4/h5-8,11-12H,9-10H2,1-4H3. The van der Waals surface area contributed by atoms with E-state index in [0.29, 0.717) is 12.4 Å². The first-order valence-corrected chi connectivity index (χ1v) is 7.47. The number of benzene rings is 1. The Morgan fingerprint density at radius 3 is 2.09 bits per heavy atom. The molecule has 0 N–H and O–H groups in total. The van der Waals surface area contributed by atoms with Crippen LogP contribution < -0.4 is 4.74 Å². The molecule has 120 valence electrons. The average molecular weight is 306 g/mol. The Hall–Kier alpha value is -1.88. The SMILES string of the molecule is CC(C)C(=O)OCC1(c2ccc(OC(=O)C(C)C)cc2)CO1. The van der Waals surface area contributed by atoms with Crippen molar-refractivity contribution in [1.29, 1.82) is 0 Å². The van der Waals surface area contributed by atoms with E-state index < -0.39 is 5.60 Å². The largest absolute Gasteiger partial charge is 0.462 e. The van der Waals surface area contributed by atoms with Crippen LogP contribution in [0.5, 0.6) is 5.75 Å². The monoisotopic (exact) mass is 306 g/mol. The van der Waals surface area contributed by atoms with Gasteiger partial charge in [-0.1, -0.05) is 39.8 Å². The van der Waals surface area contributed by atoms with E-state index in [1.165, 1.54) is 0 Å². The Labute approximate surface area is 130 Å².